The van der Waals surface area contributed by atoms with E-state index in [9.17, 15) is 13.2 Å². The van der Waals surface area contributed by atoms with Gasteiger partial charge in [0.05, 0.1) is 11.5 Å². The number of ether oxygens (including phenoxy) is 1. The third kappa shape index (κ3) is 9.95. The first-order valence-electron chi connectivity index (χ1n) is 13.3. The number of aryl methyl sites for hydroxylation is 2. The van der Waals surface area contributed by atoms with E-state index in [1.54, 1.807) is 24.3 Å². The van der Waals surface area contributed by atoms with E-state index < -0.39 is 15.9 Å². The first-order valence-corrected chi connectivity index (χ1v) is 14.7. The van der Waals surface area contributed by atoms with Crippen molar-refractivity contribution < 1.29 is 17.9 Å². The highest BCUT2D eigenvalue weighted by Crippen LogP contribution is 2.23. The van der Waals surface area contributed by atoms with E-state index in [-0.39, 0.29) is 16.7 Å². The lowest BCUT2D eigenvalue weighted by molar-refractivity contribution is -0.119. The fourth-order valence-corrected chi connectivity index (χ4v) is 5.02. The van der Waals surface area contributed by atoms with Crippen LogP contribution in [-0.2, 0) is 33.1 Å². The standard InChI is InChI=1S/C31H40N2O4S/c1-31(2,3)27-15-19-29(20-16-27)38(35,36)33-30(34)21-23-32-22-7-11-26-13-17-28(18-14-26)37-24-8-12-25-9-5-4-6-10-25/h4-6,9-10,13-20,32H,7-8,11-12,21-24H2,1-3H3,(H,33,34). The first-order chi connectivity index (χ1) is 18.1. The van der Waals surface area contributed by atoms with Crippen molar-refractivity contribution in [1.29, 1.82) is 0 Å². The van der Waals surface area contributed by atoms with Gasteiger partial charge in [0.2, 0.25) is 5.91 Å². The van der Waals surface area contributed by atoms with E-state index in [2.05, 4.69) is 67.2 Å². The van der Waals surface area contributed by atoms with Crippen LogP contribution in [0.1, 0.15) is 56.7 Å². The van der Waals surface area contributed by atoms with Gasteiger partial charge in [-0.3, -0.25) is 4.79 Å². The summed E-state index contributed by atoms with van der Waals surface area (Å²) < 4.78 is 33.0. The molecular formula is C31H40N2O4S. The van der Waals surface area contributed by atoms with Gasteiger partial charge < -0.3 is 10.1 Å². The minimum atomic E-state index is -3.87. The Morgan fingerprint density at radius 3 is 2.08 bits per heavy atom. The second-order valence-electron chi connectivity index (χ2n) is 10.5. The van der Waals surface area contributed by atoms with Crippen LogP contribution >= 0.6 is 0 Å². The molecule has 0 aliphatic rings. The molecule has 7 heteroatoms. The Balaban J connectivity index is 1.27. The molecule has 0 atom stereocenters. The van der Waals surface area contributed by atoms with Gasteiger partial charge in [-0.15, -0.1) is 0 Å². The van der Waals surface area contributed by atoms with Crippen LogP contribution in [0.2, 0.25) is 0 Å². The molecular weight excluding hydrogens is 496 g/mol. The molecule has 0 aliphatic carbocycles. The average Bonchev–Trinajstić information content (AvgIpc) is 2.89. The number of hydrogen-bond acceptors (Lipinski definition) is 5. The second-order valence-corrected chi connectivity index (χ2v) is 12.2. The Morgan fingerprint density at radius 2 is 1.42 bits per heavy atom. The summed E-state index contributed by atoms with van der Waals surface area (Å²) in [5.74, 6) is 0.364. The molecule has 3 aromatic carbocycles. The Kier molecular flexibility index (Phi) is 10.9. The van der Waals surface area contributed by atoms with Gasteiger partial charge in [0.15, 0.2) is 0 Å². The number of sulfonamides is 1. The van der Waals surface area contributed by atoms with Crippen molar-refractivity contribution >= 4 is 15.9 Å². The van der Waals surface area contributed by atoms with Crippen molar-refractivity contribution in [2.75, 3.05) is 19.7 Å². The zero-order valence-corrected chi connectivity index (χ0v) is 23.5. The second kappa shape index (κ2) is 14.1. The lowest BCUT2D eigenvalue weighted by Crippen LogP contribution is -2.33. The Hall–Kier alpha value is -3.16. The molecule has 38 heavy (non-hydrogen) atoms. The quantitative estimate of drug-likeness (QED) is 0.269. The molecule has 0 spiro atoms. The molecule has 0 aromatic heterocycles. The van der Waals surface area contributed by atoms with Crippen LogP contribution in [0.15, 0.2) is 83.8 Å². The molecule has 204 valence electrons. The minimum Gasteiger partial charge on any atom is -0.494 e. The van der Waals surface area contributed by atoms with Crippen LogP contribution in [0.5, 0.6) is 5.75 Å². The van der Waals surface area contributed by atoms with Crippen LogP contribution in [-0.4, -0.2) is 34.0 Å². The maximum atomic E-state index is 12.5. The van der Waals surface area contributed by atoms with Crippen LogP contribution in [0.4, 0.5) is 0 Å². The van der Waals surface area contributed by atoms with Crippen LogP contribution in [0, 0.1) is 0 Å². The molecule has 0 saturated heterocycles. The molecule has 0 heterocycles. The van der Waals surface area contributed by atoms with Crippen LogP contribution < -0.4 is 14.8 Å². The van der Waals surface area contributed by atoms with Crippen molar-refractivity contribution in [1.82, 2.24) is 10.0 Å². The highest BCUT2D eigenvalue weighted by atomic mass is 32.2. The van der Waals surface area contributed by atoms with Crippen molar-refractivity contribution in [3.63, 3.8) is 0 Å². The summed E-state index contributed by atoms with van der Waals surface area (Å²) in [6.07, 6.45) is 3.90. The van der Waals surface area contributed by atoms with E-state index in [0.717, 1.165) is 43.5 Å². The van der Waals surface area contributed by atoms with Gasteiger partial charge in [0.1, 0.15) is 5.75 Å². The fourth-order valence-electron chi connectivity index (χ4n) is 4.00. The van der Waals surface area contributed by atoms with Crippen LogP contribution in [0.25, 0.3) is 0 Å². The van der Waals surface area contributed by atoms with Crippen molar-refractivity contribution in [3.8, 4) is 5.75 Å². The molecule has 0 radical (unpaired) electrons. The van der Waals surface area contributed by atoms with Gasteiger partial charge in [-0.1, -0.05) is 75.4 Å². The average molecular weight is 537 g/mol. The molecule has 0 fully saturated rings. The first kappa shape index (κ1) is 29.4. The zero-order chi connectivity index (χ0) is 27.4. The third-order valence-corrected chi connectivity index (χ3v) is 7.66. The highest BCUT2D eigenvalue weighted by Gasteiger charge is 2.19. The normalized spacial score (nSPS) is 11.8. The number of nitrogens with one attached hydrogen (secondary N) is 2. The Bertz CT molecular complexity index is 1230. The summed E-state index contributed by atoms with van der Waals surface area (Å²) in [5, 5.41) is 3.22. The third-order valence-electron chi connectivity index (χ3n) is 6.27. The van der Waals surface area contributed by atoms with Crippen molar-refractivity contribution in [2.45, 2.75) is 63.2 Å². The maximum absolute atomic E-state index is 12.5. The molecule has 0 bridgehead atoms. The van der Waals surface area contributed by atoms with Crippen LogP contribution in [0.3, 0.4) is 0 Å². The topological polar surface area (TPSA) is 84.5 Å². The molecule has 0 unspecified atom stereocenters. The maximum Gasteiger partial charge on any atom is 0.264 e. The lowest BCUT2D eigenvalue weighted by atomic mass is 9.87. The molecule has 3 rings (SSSR count). The van der Waals surface area contributed by atoms with E-state index in [1.165, 1.54) is 11.1 Å². The van der Waals surface area contributed by atoms with Gasteiger partial charge in [0.25, 0.3) is 10.0 Å². The predicted octanol–water partition coefficient (Wildman–Crippen LogP) is 5.41. The Morgan fingerprint density at radius 1 is 0.789 bits per heavy atom. The molecule has 3 aromatic rings. The van der Waals surface area contributed by atoms with E-state index in [0.29, 0.717) is 13.2 Å². The molecule has 1 amide bonds. The van der Waals surface area contributed by atoms with Crippen molar-refractivity contribution in [2.24, 2.45) is 0 Å². The molecule has 0 saturated carbocycles. The number of amides is 1. The summed E-state index contributed by atoms with van der Waals surface area (Å²) in [7, 11) is -3.87. The largest absolute Gasteiger partial charge is 0.494 e. The van der Waals surface area contributed by atoms with Gasteiger partial charge >= 0.3 is 0 Å². The number of carbonyl (C=O) groups is 1. The highest BCUT2D eigenvalue weighted by molar-refractivity contribution is 7.90. The van der Waals surface area contributed by atoms with E-state index >= 15 is 0 Å². The number of hydrogen-bond donors (Lipinski definition) is 2. The summed E-state index contributed by atoms with van der Waals surface area (Å²) in [6, 6.07) is 25.2. The van der Waals surface area contributed by atoms with Crippen molar-refractivity contribution in [3.05, 3.63) is 95.6 Å². The molecule has 0 aliphatic heterocycles. The number of carbonyl (C=O) groups excluding carboxylic acids is 1. The van der Waals surface area contributed by atoms with E-state index in [4.69, 9.17) is 4.74 Å². The minimum absolute atomic E-state index is 0.0716. The number of rotatable bonds is 14. The zero-order valence-electron chi connectivity index (χ0n) is 22.7. The van der Waals surface area contributed by atoms with Gasteiger partial charge in [0, 0.05) is 13.0 Å². The summed E-state index contributed by atoms with van der Waals surface area (Å²) in [6.45, 7) is 8.03. The fraction of sp³-hybridized carbons (Fsp3) is 0.387. The smallest absolute Gasteiger partial charge is 0.264 e. The monoisotopic (exact) mass is 536 g/mol. The lowest BCUT2D eigenvalue weighted by Gasteiger charge is -2.19. The predicted molar refractivity (Wildman–Crippen MR) is 153 cm³/mol. The van der Waals surface area contributed by atoms with Gasteiger partial charge in [-0.05, 0) is 78.6 Å². The Labute approximate surface area is 227 Å². The SMILES string of the molecule is CC(C)(C)c1ccc(S(=O)(=O)NC(=O)CCNCCCc2ccc(OCCCc3ccccc3)cc2)cc1. The summed E-state index contributed by atoms with van der Waals surface area (Å²) in [4.78, 5) is 12.3. The van der Waals surface area contributed by atoms with Gasteiger partial charge in [-0.2, -0.15) is 0 Å². The number of benzene rings is 3. The molecule has 2 N–H and O–H groups in total. The van der Waals surface area contributed by atoms with E-state index in [1.807, 2.05) is 18.2 Å². The summed E-state index contributed by atoms with van der Waals surface area (Å²) in [5.41, 5.74) is 3.51. The van der Waals surface area contributed by atoms with Gasteiger partial charge in [-0.25, -0.2) is 13.1 Å². The molecule has 6 nitrogen and oxygen atoms in total. The summed E-state index contributed by atoms with van der Waals surface area (Å²) >= 11 is 0.